The molecule has 1 saturated heterocycles. The number of amides is 2. The number of nitrogens with one attached hydrogen (secondary N) is 1. The summed E-state index contributed by atoms with van der Waals surface area (Å²) in [5.74, 6) is 0.284. The van der Waals surface area contributed by atoms with Crippen LogP contribution in [0.1, 0.15) is 57.1 Å². The molecule has 1 aliphatic rings. The van der Waals surface area contributed by atoms with Crippen LogP contribution in [0.2, 0.25) is 0 Å². The Labute approximate surface area is 150 Å². The number of likely N-dealkylation sites (tertiary alicyclic amines) is 1. The van der Waals surface area contributed by atoms with Crippen LogP contribution in [0.5, 0.6) is 0 Å². The molecule has 1 atom stereocenters. The zero-order valence-electron chi connectivity index (χ0n) is 15.6. The fourth-order valence-electron chi connectivity index (χ4n) is 3.19. The third kappa shape index (κ3) is 5.76. The van der Waals surface area contributed by atoms with Gasteiger partial charge in [-0.1, -0.05) is 38.1 Å². The van der Waals surface area contributed by atoms with Crippen LogP contribution < -0.4 is 5.32 Å². The molecule has 1 aliphatic heterocycles. The van der Waals surface area contributed by atoms with Gasteiger partial charge in [0.05, 0.1) is 6.61 Å². The molecule has 0 aromatic heterocycles. The van der Waals surface area contributed by atoms with Gasteiger partial charge in [-0.05, 0) is 43.2 Å². The minimum Gasteiger partial charge on any atom is -0.450 e. The highest BCUT2D eigenvalue weighted by Crippen LogP contribution is 2.20. The Kier molecular flexibility index (Phi) is 7.29. The zero-order chi connectivity index (χ0) is 18.2. The standard InChI is InChI=1S/C20H30N2O3/c1-4-16-6-8-17(9-7-16)15(3)14-19(23)21-18-10-12-22(13-11-18)20(24)25-5-2/h6-9,15,18H,4-5,10-14H2,1-3H3,(H,21,23). The van der Waals surface area contributed by atoms with Gasteiger partial charge in [0.1, 0.15) is 0 Å². The number of benzene rings is 1. The molecule has 0 radical (unpaired) electrons. The molecule has 138 valence electrons. The van der Waals surface area contributed by atoms with Crippen LogP contribution in [0.4, 0.5) is 4.79 Å². The van der Waals surface area contributed by atoms with E-state index in [0.29, 0.717) is 26.1 Å². The van der Waals surface area contributed by atoms with Crippen molar-refractivity contribution in [2.75, 3.05) is 19.7 Å². The molecule has 1 fully saturated rings. The van der Waals surface area contributed by atoms with Gasteiger partial charge in [-0.15, -0.1) is 0 Å². The minimum absolute atomic E-state index is 0.0849. The van der Waals surface area contributed by atoms with Crippen LogP contribution in [-0.2, 0) is 16.0 Å². The molecule has 1 aromatic rings. The van der Waals surface area contributed by atoms with Crippen molar-refractivity contribution < 1.29 is 14.3 Å². The van der Waals surface area contributed by atoms with Crippen molar-refractivity contribution in [3.63, 3.8) is 0 Å². The maximum atomic E-state index is 12.3. The van der Waals surface area contributed by atoms with Crippen molar-refractivity contribution in [1.29, 1.82) is 0 Å². The van der Waals surface area contributed by atoms with E-state index in [4.69, 9.17) is 4.74 Å². The van der Waals surface area contributed by atoms with Crippen molar-refractivity contribution in [3.8, 4) is 0 Å². The Balaban J connectivity index is 1.75. The number of ether oxygens (including phenoxy) is 1. The van der Waals surface area contributed by atoms with E-state index in [9.17, 15) is 9.59 Å². The highest BCUT2D eigenvalue weighted by atomic mass is 16.6. The van der Waals surface area contributed by atoms with Gasteiger partial charge >= 0.3 is 6.09 Å². The van der Waals surface area contributed by atoms with Gasteiger partial charge in [0.2, 0.25) is 5.91 Å². The molecule has 1 unspecified atom stereocenters. The molecule has 0 bridgehead atoms. The van der Waals surface area contributed by atoms with Gasteiger partial charge in [0.25, 0.3) is 0 Å². The number of hydrogen-bond acceptors (Lipinski definition) is 3. The van der Waals surface area contributed by atoms with Crippen LogP contribution in [0.25, 0.3) is 0 Å². The quantitative estimate of drug-likeness (QED) is 0.858. The van der Waals surface area contributed by atoms with E-state index >= 15 is 0 Å². The molecule has 5 heteroatoms. The normalized spacial score (nSPS) is 16.4. The molecular formula is C20H30N2O3. The van der Waals surface area contributed by atoms with Crippen LogP contribution in [0, 0.1) is 0 Å². The first kappa shape index (κ1) is 19.3. The van der Waals surface area contributed by atoms with Gasteiger partial charge in [0.15, 0.2) is 0 Å². The summed E-state index contributed by atoms with van der Waals surface area (Å²) >= 11 is 0. The highest BCUT2D eigenvalue weighted by Gasteiger charge is 2.24. The Morgan fingerprint density at radius 3 is 2.40 bits per heavy atom. The van der Waals surface area contributed by atoms with Crippen molar-refractivity contribution in [2.45, 2.75) is 58.4 Å². The van der Waals surface area contributed by atoms with E-state index < -0.39 is 0 Å². The molecule has 1 N–H and O–H groups in total. The van der Waals surface area contributed by atoms with Gasteiger partial charge in [-0.2, -0.15) is 0 Å². The summed E-state index contributed by atoms with van der Waals surface area (Å²) in [4.78, 5) is 25.7. The zero-order valence-corrected chi connectivity index (χ0v) is 15.6. The third-order valence-corrected chi connectivity index (χ3v) is 4.83. The third-order valence-electron chi connectivity index (χ3n) is 4.83. The van der Waals surface area contributed by atoms with Gasteiger partial charge in [-0.25, -0.2) is 4.79 Å². The van der Waals surface area contributed by atoms with E-state index in [2.05, 4.69) is 43.4 Å². The summed E-state index contributed by atoms with van der Waals surface area (Å²) in [6.07, 6.45) is 2.83. The Hall–Kier alpha value is -2.04. The Bertz CT molecular complexity index is 563. The molecule has 0 aliphatic carbocycles. The summed E-state index contributed by atoms with van der Waals surface area (Å²) in [7, 11) is 0. The van der Waals surface area contributed by atoms with Crippen molar-refractivity contribution in [2.24, 2.45) is 0 Å². The lowest BCUT2D eigenvalue weighted by Gasteiger charge is -2.31. The van der Waals surface area contributed by atoms with Crippen molar-refractivity contribution in [3.05, 3.63) is 35.4 Å². The second-order valence-corrected chi connectivity index (χ2v) is 6.73. The smallest absolute Gasteiger partial charge is 0.409 e. The lowest BCUT2D eigenvalue weighted by atomic mass is 9.95. The number of nitrogens with zero attached hydrogens (tertiary/aromatic N) is 1. The number of rotatable bonds is 6. The van der Waals surface area contributed by atoms with E-state index in [0.717, 1.165) is 19.3 Å². The van der Waals surface area contributed by atoms with Crippen LogP contribution >= 0.6 is 0 Å². The van der Waals surface area contributed by atoms with Crippen LogP contribution in [-0.4, -0.2) is 42.6 Å². The predicted octanol–water partition coefficient (Wildman–Crippen LogP) is 3.48. The fourth-order valence-corrected chi connectivity index (χ4v) is 3.19. The van der Waals surface area contributed by atoms with Gasteiger partial charge in [-0.3, -0.25) is 4.79 Å². The number of carbonyl (C=O) groups excluding carboxylic acids is 2. The molecule has 0 spiro atoms. The van der Waals surface area contributed by atoms with Gasteiger partial charge < -0.3 is 15.0 Å². The summed E-state index contributed by atoms with van der Waals surface area (Å²) < 4.78 is 5.02. The number of piperidine rings is 1. The maximum Gasteiger partial charge on any atom is 0.409 e. The molecule has 1 aromatic carbocycles. The van der Waals surface area contributed by atoms with Crippen molar-refractivity contribution in [1.82, 2.24) is 10.2 Å². The maximum absolute atomic E-state index is 12.3. The second kappa shape index (κ2) is 9.44. The molecule has 5 nitrogen and oxygen atoms in total. The summed E-state index contributed by atoms with van der Waals surface area (Å²) in [5, 5.41) is 3.12. The van der Waals surface area contributed by atoms with E-state index in [1.165, 1.54) is 11.1 Å². The van der Waals surface area contributed by atoms with E-state index in [1.54, 1.807) is 4.90 Å². The van der Waals surface area contributed by atoms with E-state index in [-0.39, 0.29) is 24.0 Å². The Morgan fingerprint density at radius 2 is 1.84 bits per heavy atom. The fraction of sp³-hybridized carbons (Fsp3) is 0.600. The predicted molar refractivity (Wildman–Crippen MR) is 98.6 cm³/mol. The minimum atomic E-state index is -0.253. The SMILES string of the molecule is CCOC(=O)N1CCC(NC(=O)CC(C)c2ccc(CC)cc2)CC1. The van der Waals surface area contributed by atoms with Crippen LogP contribution in [0.3, 0.4) is 0 Å². The topological polar surface area (TPSA) is 58.6 Å². The largest absolute Gasteiger partial charge is 0.450 e. The molecule has 25 heavy (non-hydrogen) atoms. The number of carbonyl (C=O) groups is 2. The Morgan fingerprint density at radius 1 is 1.20 bits per heavy atom. The molecule has 1 heterocycles. The summed E-state index contributed by atoms with van der Waals surface area (Å²) in [6, 6.07) is 8.65. The average molecular weight is 346 g/mol. The molecule has 0 saturated carbocycles. The number of hydrogen-bond donors (Lipinski definition) is 1. The number of aryl methyl sites for hydroxylation is 1. The monoisotopic (exact) mass is 346 g/mol. The molecule has 2 amide bonds. The summed E-state index contributed by atoms with van der Waals surface area (Å²) in [5.41, 5.74) is 2.51. The first-order valence-electron chi connectivity index (χ1n) is 9.33. The average Bonchev–Trinajstić information content (AvgIpc) is 2.62. The highest BCUT2D eigenvalue weighted by molar-refractivity contribution is 5.77. The first-order chi connectivity index (χ1) is 12.0. The first-order valence-corrected chi connectivity index (χ1v) is 9.33. The van der Waals surface area contributed by atoms with E-state index in [1.807, 2.05) is 6.92 Å². The summed E-state index contributed by atoms with van der Waals surface area (Å²) in [6.45, 7) is 7.70. The lowest BCUT2D eigenvalue weighted by molar-refractivity contribution is -0.122. The lowest BCUT2D eigenvalue weighted by Crippen LogP contribution is -2.46. The second-order valence-electron chi connectivity index (χ2n) is 6.73. The molecule has 2 rings (SSSR count). The van der Waals surface area contributed by atoms with Crippen molar-refractivity contribution >= 4 is 12.0 Å². The van der Waals surface area contributed by atoms with Crippen LogP contribution in [0.15, 0.2) is 24.3 Å². The molecular weight excluding hydrogens is 316 g/mol. The van der Waals surface area contributed by atoms with Gasteiger partial charge in [0, 0.05) is 25.6 Å².